The van der Waals surface area contributed by atoms with Crippen LogP contribution in [-0.2, 0) is 10.0 Å². The molecular weight excluding hydrogens is 240 g/mol. The van der Waals surface area contributed by atoms with Gasteiger partial charge in [0.25, 0.3) is 0 Å². The molecule has 0 aromatic heterocycles. The third-order valence-corrected chi connectivity index (χ3v) is 4.97. The van der Waals surface area contributed by atoms with E-state index in [0.717, 1.165) is 12.8 Å². The van der Waals surface area contributed by atoms with Crippen LogP contribution in [0.2, 0.25) is 0 Å². The summed E-state index contributed by atoms with van der Waals surface area (Å²) >= 11 is 0. The van der Waals surface area contributed by atoms with E-state index in [2.05, 4.69) is 5.32 Å². The van der Waals surface area contributed by atoms with Gasteiger partial charge in [0, 0.05) is 31.8 Å². The largest absolute Gasteiger partial charge is 0.396 e. The maximum atomic E-state index is 12.1. The van der Waals surface area contributed by atoms with Crippen molar-refractivity contribution in [2.24, 2.45) is 0 Å². The Labute approximate surface area is 104 Å². The lowest BCUT2D eigenvalue weighted by Gasteiger charge is -2.23. The molecule has 1 heterocycles. The van der Waals surface area contributed by atoms with Crippen LogP contribution < -0.4 is 5.32 Å². The first-order valence-electron chi connectivity index (χ1n) is 6.31. The normalized spacial score (nSPS) is 22.5. The highest BCUT2D eigenvalue weighted by Gasteiger charge is 2.33. The molecule has 1 atom stereocenters. The molecule has 1 aliphatic heterocycles. The number of sulfonamides is 1. The van der Waals surface area contributed by atoms with Crippen molar-refractivity contribution in [2.45, 2.75) is 45.2 Å². The minimum absolute atomic E-state index is 0.00375. The van der Waals surface area contributed by atoms with Gasteiger partial charge >= 0.3 is 0 Å². The highest BCUT2D eigenvalue weighted by atomic mass is 32.2. The van der Waals surface area contributed by atoms with Crippen molar-refractivity contribution < 1.29 is 13.5 Å². The van der Waals surface area contributed by atoms with E-state index in [1.807, 2.05) is 13.8 Å². The van der Waals surface area contributed by atoms with E-state index in [-0.39, 0.29) is 18.4 Å². The summed E-state index contributed by atoms with van der Waals surface area (Å²) in [6.45, 7) is 5.14. The van der Waals surface area contributed by atoms with Crippen LogP contribution in [0.25, 0.3) is 0 Å². The topological polar surface area (TPSA) is 69.6 Å². The van der Waals surface area contributed by atoms with Crippen LogP contribution in [0.15, 0.2) is 0 Å². The number of aliphatic hydroxyl groups is 1. The van der Waals surface area contributed by atoms with Gasteiger partial charge in [0.05, 0.1) is 5.75 Å². The van der Waals surface area contributed by atoms with Gasteiger partial charge in [-0.05, 0) is 19.3 Å². The van der Waals surface area contributed by atoms with Gasteiger partial charge in [-0.2, -0.15) is 4.31 Å². The zero-order valence-electron chi connectivity index (χ0n) is 10.7. The number of hydrogen-bond donors (Lipinski definition) is 2. The quantitative estimate of drug-likeness (QED) is 0.687. The highest BCUT2D eigenvalue weighted by molar-refractivity contribution is 7.89. The van der Waals surface area contributed by atoms with Crippen LogP contribution in [-0.4, -0.2) is 55.4 Å². The molecule has 1 unspecified atom stereocenters. The van der Waals surface area contributed by atoms with E-state index in [9.17, 15) is 8.42 Å². The summed E-state index contributed by atoms with van der Waals surface area (Å²) in [4.78, 5) is 0. The molecule has 1 aliphatic rings. The van der Waals surface area contributed by atoms with Gasteiger partial charge in [0.2, 0.25) is 10.0 Å². The fourth-order valence-electron chi connectivity index (χ4n) is 2.21. The molecular formula is C11H24N2O3S. The van der Waals surface area contributed by atoms with E-state index in [1.54, 1.807) is 4.31 Å². The Bertz CT molecular complexity index is 317. The summed E-state index contributed by atoms with van der Waals surface area (Å²) in [5.74, 6) is 0.146. The van der Waals surface area contributed by atoms with Crippen LogP contribution in [0.5, 0.6) is 0 Å². The molecule has 102 valence electrons. The molecule has 0 spiro atoms. The standard InChI is InChI=1S/C11H24N2O3S/c1-10(2)12-6-9-17(15,16)13-7-3-4-11(13)5-8-14/h10-12,14H,3-9H2,1-2H3. The SMILES string of the molecule is CC(C)NCCS(=O)(=O)N1CCCC1CCO. The lowest BCUT2D eigenvalue weighted by atomic mass is 10.2. The lowest BCUT2D eigenvalue weighted by Crippen LogP contribution is -2.40. The zero-order chi connectivity index (χ0) is 12.9. The van der Waals surface area contributed by atoms with Crippen molar-refractivity contribution in [3.05, 3.63) is 0 Å². The highest BCUT2D eigenvalue weighted by Crippen LogP contribution is 2.23. The predicted octanol–water partition coefficient (Wildman–Crippen LogP) is 0.161. The van der Waals surface area contributed by atoms with Gasteiger partial charge in [-0.1, -0.05) is 13.8 Å². The molecule has 17 heavy (non-hydrogen) atoms. The maximum Gasteiger partial charge on any atom is 0.215 e. The molecule has 0 saturated carbocycles. The maximum absolute atomic E-state index is 12.1. The predicted molar refractivity (Wildman–Crippen MR) is 68.4 cm³/mol. The summed E-state index contributed by atoms with van der Waals surface area (Å²) in [5.41, 5.74) is 0. The summed E-state index contributed by atoms with van der Waals surface area (Å²) in [6, 6.07) is 0.307. The number of aliphatic hydroxyl groups excluding tert-OH is 1. The van der Waals surface area contributed by atoms with Crippen molar-refractivity contribution in [3.63, 3.8) is 0 Å². The van der Waals surface area contributed by atoms with Crippen molar-refractivity contribution in [1.82, 2.24) is 9.62 Å². The Balaban J connectivity index is 2.50. The summed E-state index contributed by atoms with van der Waals surface area (Å²) in [7, 11) is -3.17. The number of nitrogens with zero attached hydrogens (tertiary/aromatic N) is 1. The lowest BCUT2D eigenvalue weighted by molar-refractivity contribution is 0.246. The molecule has 1 saturated heterocycles. The second kappa shape index (κ2) is 6.68. The monoisotopic (exact) mass is 264 g/mol. The van der Waals surface area contributed by atoms with E-state index >= 15 is 0 Å². The molecule has 0 aromatic carbocycles. The molecule has 2 N–H and O–H groups in total. The first kappa shape index (κ1) is 14.9. The van der Waals surface area contributed by atoms with E-state index in [1.165, 1.54) is 0 Å². The summed E-state index contributed by atoms with van der Waals surface area (Å²) in [5, 5.41) is 12.0. The molecule has 6 heteroatoms. The van der Waals surface area contributed by atoms with Gasteiger partial charge in [0.1, 0.15) is 0 Å². The van der Waals surface area contributed by atoms with Crippen LogP contribution in [0, 0.1) is 0 Å². The fraction of sp³-hybridized carbons (Fsp3) is 1.00. The van der Waals surface area contributed by atoms with Crippen molar-refractivity contribution in [2.75, 3.05) is 25.4 Å². The van der Waals surface area contributed by atoms with E-state index in [4.69, 9.17) is 5.11 Å². The Kier molecular flexibility index (Phi) is 5.85. The van der Waals surface area contributed by atoms with Gasteiger partial charge < -0.3 is 10.4 Å². The average molecular weight is 264 g/mol. The second-order valence-corrected chi connectivity index (χ2v) is 6.88. The first-order valence-corrected chi connectivity index (χ1v) is 7.92. The number of nitrogens with one attached hydrogen (secondary N) is 1. The number of rotatable bonds is 7. The fourth-order valence-corrected chi connectivity index (χ4v) is 3.89. The molecule has 1 rings (SSSR count). The van der Waals surface area contributed by atoms with Crippen LogP contribution in [0.3, 0.4) is 0 Å². The van der Waals surface area contributed by atoms with E-state index < -0.39 is 10.0 Å². The molecule has 0 aliphatic carbocycles. The Morgan fingerprint density at radius 1 is 1.47 bits per heavy atom. The second-order valence-electron chi connectivity index (χ2n) is 4.84. The van der Waals surface area contributed by atoms with Crippen LogP contribution in [0.1, 0.15) is 33.1 Å². The molecule has 0 aromatic rings. The molecule has 0 radical (unpaired) electrons. The minimum atomic E-state index is -3.17. The first-order chi connectivity index (χ1) is 7.97. The van der Waals surface area contributed by atoms with Gasteiger partial charge in [0.15, 0.2) is 0 Å². The number of hydrogen-bond acceptors (Lipinski definition) is 4. The third-order valence-electron chi connectivity index (χ3n) is 3.06. The summed E-state index contributed by atoms with van der Waals surface area (Å²) in [6.07, 6.45) is 2.33. The van der Waals surface area contributed by atoms with Crippen molar-refractivity contribution in [3.8, 4) is 0 Å². The van der Waals surface area contributed by atoms with Gasteiger partial charge in [-0.25, -0.2) is 8.42 Å². The van der Waals surface area contributed by atoms with E-state index in [0.29, 0.717) is 25.6 Å². The smallest absolute Gasteiger partial charge is 0.215 e. The summed E-state index contributed by atoms with van der Waals surface area (Å²) < 4.78 is 25.8. The molecule has 0 bridgehead atoms. The molecule has 1 fully saturated rings. The molecule has 5 nitrogen and oxygen atoms in total. The Morgan fingerprint density at radius 3 is 2.76 bits per heavy atom. The zero-order valence-corrected chi connectivity index (χ0v) is 11.5. The molecule has 0 amide bonds. The van der Waals surface area contributed by atoms with Crippen molar-refractivity contribution >= 4 is 10.0 Å². The minimum Gasteiger partial charge on any atom is -0.396 e. The van der Waals surface area contributed by atoms with Gasteiger partial charge in [-0.3, -0.25) is 0 Å². The average Bonchev–Trinajstić information content (AvgIpc) is 2.66. The van der Waals surface area contributed by atoms with Crippen LogP contribution >= 0.6 is 0 Å². The Hall–Kier alpha value is -0.170. The third kappa shape index (κ3) is 4.54. The van der Waals surface area contributed by atoms with Crippen molar-refractivity contribution in [1.29, 1.82) is 0 Å². The van der Waals surface area contributed by atoms with Crippen LogP contribution in [0.4, 0.5) is 0 Å². The van der Waals surface area contributed by atoms with Gasteiger partial charge in [-0.15, -0.1) is 0 Å². The Morgan fingerprint density at radius 2 is 2.18 bits per heavy atom.